The zero-order valence-corrected chi connectivity index (χ0v) is 15.3. The van der Waals surface area contributed by atoms with Crippen molar-refractivity contribution in [2.24, 2.45) is 0 Å². The minimum absolute atomic E-state index is 0.319. The van der Waals surface area contributed by atoms with Gasteiger partial charge in [0.05, 0.1) is 18.1 Å². The van der Waals surface area contributed by atoms with Gasteiger partial charge >= 0.3 is 0 Å². The lowest BCUT2D eigenvalue weighted by atomic mass is 9.95. The number of hydrogen-bond donors (Lipinski definition) is 0. The Bertz CT molecular complexity index is 702. The van der Waals surface area contributed by atoms with Gasteiger partial charge in [-0.3, -0.25) is 4.79 Å². The molecule has 128 valence electrons. The number of morpholine rings is 1. The number of sulfone groups is 1. The quantitative estimate of drug-likeness (QED) is 0.843. The van der Waals surface area contributed by atoms with E-state index < -0.39 is 15.6 Å². The minimum atomic E-state index is -3.66. The second kappa shape index (κ2) is 6.61. The van der Waals surface area contributed by atoms with Crippen molar-refractivity contribution < 1.29 is 17.9 Å². The van der Waals surface area contributed by atoms with Gasteiger partial charge in [-0.1, -0.05) is 0 Å². The molecule has 23 heavy (non-hydrogen) atoms. The zero-order chi connectivity index (χ0) is 17.4. The van der Waals surface area contributed by atoms with Crippen LogP contribution in [0.5, 0.6) is 0 Å². The Balaban J connectivity index is 2.38. The first-order valence-electron chi connectivity index (χ1n) is 7.82. The number of rotatable bonds is 3. The normalized spacial score (nSPS) is 15.8. The van der Waals surface area contributed by atoms with Gasteiger partial charge < -0.3 is 9.64 Å². The van der Waals surface area contributed by atoms with Crippen LogP contribution in [0.15, 0.2) is 4.90 Å². The number of hydrogen-bond acceptors (Lipinski definition) is 4. The number of benzene rings is 1. The highest BCUT2D eigenvalue weighted by atomic mass is 32.2. The van der Waals surface area contributed by atoms with Crippen molar-refractivity contribution in [1.82, 2.24) is 4.90 Å². The van der Waals surface area contributed by atoms with E-state index in [2.05, 4.69) is 0 Å². The molecule has 5 nitrogen and oxygen atoms in total. The lowest BCUT2D eigenvalue weighted by Crippen LogP contribution is -2.43. The van der Waals surface area contributed by atoms with E-state index in [4.69, 9.17) is 4.74 Å². The van der Waals surface area contributed by atoms with Crippen molar-refractivity contribution in [3.8, 4) is 0 Å². The lowest BCUT2D eigenvalue weighted by molar-refractivity contribution is -0.132. The maximum atomic E-state index is 12.9. The summed E-state index contributed by atoms with van der Waals surface area (Å²) in [6.45, 7) is 11.3. The van der Waals surface area contributed by atoms with E-state index in [0.717, 1.165) is 27.8 Å². The Hall–Kier alpha value is -1.40. The molecule has 0 aliphatic carbocycles. The monoisotopic (exact) mass is 339 g/mol. The molecular weight excluding hydrogens is 314 g/mol. The topological polar surface area (TPSA) is 63.7 Å². The fourth-order valence-corrected chi connectivity index (χ4v) is 4.96. The van der Waals surface area contributed by atoms with E-state index in [1.165, 1.54) is 0 Å². The number of carbonyl (C=O) groups excluding carboxylic acids is 1. The second-order valence-electron chi connectivity index (χ2n) is 6.21. The molecule has 1 amide bonds. The Morgan fingerprint density at radius 3 is 1.83 bits per heavy atom. The van der Waals surface area contributed by atoms with Crippen LogP contribution in [0.4, 0.5) is 0 Å². The van der Waals surface area contributed by atoms with Gasteiger partial charge in [-0.25, -0.2) is 8.42 Å². The van der Waals surface area contributed by atoms with Gasteiger partial charge in [0.1, 0.15) is 5.75 Å². The Morgan fingerprint density at radius 1 is 0.913 bits per heavy atom. The van der Waals surface area contributed by atoms with E-state index in [9.17, 15) is 13.2 Å². The second-order valence-corrected chi connectivity index (χ2v) is 8.13. The molecule has 0 atom stereocenters. The summed E-state index contributed by atoms with van der Waals surface area (Å²) in [7, 11) is -3.66. The van der Waals surface area contributed by atoms with E-state index in [-0.39, 0.29) is 5.91 Å². The predicted molar refractivity (Wildman–Crippen MR) is 89.6 cm³/mol. The van der Waals surface area contributed by atoms with E-state index in [1.54, 1.807) is 4.90 Å². The molecule has 1 aliphatic rings. The Morgan fingerprint density at radius 2 is 1.35 bits per heavy atom. The summed E-state index contributed by atoms with van der Waals surface area (Å²) in [6, 6.07) is 0. The van der Waals surface area contributed by atoms with Crippen LogP contribution in [0.3, 0.4) is 0 Å². The van der Waals surface area contributed by atoms with Crippen molar-refractivity contribution >= 4 is 15.7 Å². The molecule has 0 spiro atoms. The van der Waals surface area contributed by atoms with Crippen molar-refractivity contribution in [2.45, 2.75) is 39.5 Å². The summed E-state index contributed by atoms with van der Waals surface area (Å²) in [5.41, 5.74) is 4.57. The van der Waals surface area contributed by atoms with Gasteiger partial charge in [-0.15, -0.1) is 0 Å². The minimum Gasteiger partial charge on any atom is -0.378 e. The fourth-order valence-electron chi connectivity index (χ4n) is 3.07. The average molecular weight is 339 g/mol. The smallest absolute Gasteiger partial charge is 0.238 e. The zero-order valence-electron chi connectivity index (χ0n) is 14.5. The molecule has 0 N–H and O–H groups in total. The molecule has 0 saturated carbocycles. The van der Waals surface area contributed by atoms with Crippen molar-refractivity contribution in [2.75, 3.05) is 32.1 Å². The van der Waals surface area contributed by atoms with Crippen LogP contribution in [0.1, 0.15) is 27.8 Å². The Kier molecular flexibility index (Phi) is 5.16. The van der Waals surface area contributed by atoms with Gasteiger partial charge in [0.15, 0.2) is 9.84 Å². The molecule has 1 aromatic rings. The van der Waals surface area contributed by atoms with Gasteiger partial charge in [0, 0.05) is 13.1 Å². The van der Waals surface area contributed by atoms with Crippen molar-refractivity contribution in [3.05, 3.63) is 27.8 Å². The maximum Gasteiger partial charge on any atom is 0.238 e. The molecular formula is C17H25NO4S. The highest BCUT2D eigenvalue weighted by Crippen LogP contribution is 2.30. The van der Waals surface area contributed by atoms with Gasteiger partial charge in [0.25, 0.3) is 0 Å². The van der Waals surface area contributed by atoms with Crippen LogP contribution in [0.2, 0.25) is 0 Å². The van der Waals surface area contributed by atoms with E-state index in [0.29, 0.717) is 31.2 Å². The van der Waals surface area contributed by atoms with Crippen LogP contribution in [0.25, 0.3) is 0 Å². The molecule has 6 heteroatoms. The summed E-state index contributed by atoms with van der Waals surface area (Å²) in [5.74, 6) is -0.820. The highest BCUT2D eigenvalue weighted by molar-refractivity contribution is 7.92. The molecule has 1 fully saturated rings. The fraction of sp³-hybridized carbons (Fsp3) is 0.588. The molecule has 0 bridgehead atoms. The third kappa shape index (κ3) is 3.43. The first-order chi connectivity index (χ1) is 10.7. The molecule has 1 heterocycles. The summed E-state index contributed by atoms with van der Waals surface area (Å²) < 4.78 is 30.9. The van der Waals surface area contributed by atoms with Gasteiger partial charge in [-0.05, 0) is 62.4 Å². The van der Waals surface area contributed by atoms with Crippen LogP contribution >= 0.6 is 0 Å². The largest absolute Gasteiger partial charge is 0.378 e. The predicted octanol–water partition coefficient (Wildman–Crippen LogP) is 1.86. The molecule has 0 unspecified atom stereocenters. The lowest BCUT2D eigenvalue weighted by Gasteiger charge is -2.27. The summed E-state index contributed by atoms with van der Waals surface area (Å²) >= 11 is 0. The van der Waals surface area contributed by atoms with Crippen LogP contribution < -0.4 is 0 Å². The summed E-state index contributed by atoms with van der Waals surface area (Å²) in [6.07, 6.45) is 0. The molecule has 2 rings (SSSR count). The van der Waals surface area contributed by atoms with Crippen molar-refractivity contribution in [1.29, 1.82) is 0 Å². The van der Waals surface area contributed by atoms with Crippen LogP contribution in [-0.4, -0.2) is 51.3 Å². The summed E-state index contributed by atoms with van der Waals surface area (Å²) in [5, 5.41) is 0. The number of carbonyl (C=O) groups is 1. The first-order valence-corrected chi connectivity index (χ1v) is 9.47. The number of nitrogens with zero attached hydrogens (tertiary/aromatic N) is 1. The molecule has 1 aliphatic heterocycles. The van der Waals surface area contributed by atoms with Gasteiger partial charge in [-0.2, -0.15) is 0 Å². The number of ether oxygens (including phenoxy) is 1. The highest BCUT2D eigenvalue weighted by Gasteiger charge is 2.29. The first kappa shape index (κ1) is 17.9. The summed E-state index contributed by atoms with van der Waals surface area (Å²) in [4.78, 5) is 14.2. The third-order valence-electron chi connectivity index (χ3n) is 4.92. The molecule has 0 aromatic heterocycles. The standard InChI is InChI=1S/C17H25NO4S/c1-11-12(2)14(4)17(15(5)13(11)3)23(20,21)10-16(19)18-6-8-22-9-7-18/h6-10H2,1-5H3. The molecule has 1 saturated heterocycles. The SMILES string of the molecule is Cc1c(C)c(C)c(S(=O)(=O)CC(=O)N2CCOCC2)c(C)c1C. The third-order valence-corrected chi connectivity index (χ3v) is 6.78. The Labute approximate surface area is 138 Å². The average Bonchev–Trinajstić information content (AvgIpc) is 2.51. The molecule has 1 aromatic carbocycles. The van der Waals surface area contributed by atoms with E-state index in [1.807, 2.05) is 34.6 Å². The van der Waals surface area contributed by atoms with Crippen molar-refractivity contribution in [3.63, 3.8) is 0 Å². The van der Waals surface area contributed by atoms with Crippen LogP contribution in [-0.2, 0) is 19.4 Å². The van der Waals surface area contributed by atoms with E-state index >= 15 is 0 Å². The maximum absolute atomic E-state index is 12.9. The molecule has 0 radical (unpaired) electrons. The van der Waals surface area contributed by atoms with Crippen LogP contribution in [0, 0.1) is 34.6 Å². The number of amides is 1. The van der Waals surface area contributed by atoms with Gasteiger partial charge in [0.2, 0.25) is 5.91 Å².